The predicted octanol–water partition coefficient (Wildman–Crippen LogP) is 1.72. The number of benzene rings is 2. The molecule has 3 rings (SSSR count). The van der Waals surface area contributed by atoms with Crippen molar-refractivity contribution in [3.05, 3.63) is 41.0 Å². The van der Waals surface area contributed by atoms with Crippen LogP contribution in [0.4, 0.5) is 0 Å². The van der Waals surface area contributed by atoms with Crippen LogP contribution in [0.3, 0.4) is 0 Å². The van der Waals surface area contributed by atoms with E-state index in [0.717, 1.165) is 0 Å². The Morgan fingerprint density at radius 2 is 1.74 bits per heavy atom. The summed E-state index contributed by atoms with van der Waals surface area (Å²) in [6.07, 6.45) is -0.916. The number of fused-ring (bicyclic) bond motifs is 1. The Labute approximate surface area is 132 Å². The number of aliphatic hydroxyl groups is 1. The number of ether oxygens (including phenoxy) is 1. The van der Waals surface area contributed by atoms with Crippen LogP contribution < -0.4 is 4.74 Å². The van der Waals surface area contributed by atoms with E-state index < -0.39 is 12.2 Å². The van der Waals surface area contributed by atoms with Crippen molar-refractivity contribution in [3.63, 3.8) is 0 Å². The SMILES string of the molecule is Cc1c(O)cc(O)c2c1OC(Cc1ccc(O)c(O)c1)C(O)C2. The second-order valence-electron chi connectivity index (χ2n) is 5.80. The molecule has 0 amide bonds. The van der Waals surface area contributed by atoms with Crippen LogP contribution in [0.25, 0.3) is 0 Å². The van der Waals surface area contributed by atoms with Gasteiger partial charge in [0.1, 0.15) is 23.4 Å². The molecule has 0 fully saturated rings. The van der Waals surface area contributed by atoms with Gasteiger partial charge in [0.05, 0.1) is 6.10 Å². The smallest absolute Gasteiger partial charge is 0.157 e. The molecule has 2 aromatic rings. The maximum atomic E-state index is 10.3. The summed E-state index contributed by atoms with van der Waals surface area (Å²) in [7, 11) is 0. The van der Waals surface area contributed by atoms with Crippen LogP contribution in [0.2, 0.25) is 0 Å². The molecule has 0 spiro atoms. The van der Waals surface area contributed by atoms with Gasteiger partial charge in [-0.15, -0.1) is 0 Å². The van der Waals surface area contributed by atoms with Gasteiger partial charge >= 0.3 is 0 Å². The van der Waals surface area contributed by atoms with Gasteiger partial charge in [-0.05, 0) is 24.6 Å². The van der Waals surface area contributed by atoms with Gasteiger partial charge in [0.15, 0.2) is 11.5 Å². The van der Waals surface area contributed by atoms with E-state index in [4.69, 9.17) is 4.74 Å². The first-order valence-electron chi connectivity index (χ1n) is 7.26. The molecule has 23 heavy (non-hydrogen) atoms. The molecule has 0 saturated heterocycles. The highest BCUT2D eigenvalue weighted by molar-refractivity contribution is 5.57. The molecule has 2 unspecified atom stereocenters. The summed E-state index contributed by atoms with van der Waals surface area (Å²) in [5.41, 5.74) is 1.66. The maximum absolute atomic E-state index is 10.3. The van der Waals surface area contributed by atoms with Gasteiger partial charge in [0.2, 0.25) is 0 Å². The predicted molar refractivity (Wildman–Crippen MR) is 82.1 cm³/mol. The second-order valence-corrected chi connectivity index (χ2v) is 5.80. The minimum absolute atomic E-state index is 0.0707. The number of hydrogen-bond acceptors (Lipinski definition) is 6. The van der Waals surface area contributed by atoms with Crippen LogP contribution in [0.1, 0.15) is 16.7 Å². The average molecular weight is 318 g/mol. The molecule has 2 aromatic carbocycles. The molecule has 1 aliphatic rings. The zero-order chi connectivity index (χ0) is 16.7. The van der Waals surface area contributed by atoms with E-state index in [1.165, 1.54) is 18.2 Å². The van der Waals surface area contributed by atoms with Crippen LogP contribution in [0.5, 0.6) is 28.7 Å². The van der Waals surface area contributed by atoms with E-state index in [9.17, 15) is 25.5 Å². The first kappa shape index (κ1) is 15.3. The molecule has 5 N–H and O–H groups in total. The van der Waals surface area contributed by atoms with Crippen molar-refractivity contribution < 1.29 is 30.3 Å². The third-order valence-corrected chi connectivity index (χ3v) is 4.17. The van der Waals surface area contributed by atoms with Crippen LogP contribution in [-0.2, 0) is 12.8 Å². The topological polar surface area (TPSA) is 110 Å². The van der Waals surface area contributed by atoms with Crippen molar-refractivity contribution in [2.45, 2.75) is 32.0 Å². The van der Waals surface area contributed by atoms with E-state index in [1.807, 2.05) is 0 Å². The van der Waals surface area contributed by atoms with Gasteiger partial charge in [-0.2, -0.15) is 0 Å². The molecular weight excluding hydrogens is 300 g/mol. The molecule has 0 bridgehead atoms. The Hall–Kier alpha value is -2.60. The summed E-state index contributed by atoms with van der Waals surface area (Å²) in [4.78, 5) is 0. The third kappa shape index (κ3) is 2.73. The van der Waals surface area contributed by atoms with Crippen molar-refractivity contribution in [2.24, 2.45) is 0 Å². The Morgan fingerprint density at radius 1 is 1.00 bits per heavy atom. The number of hydrogen-bond donors (Lipinski definition) is 5. The third-order valence-electron chi connectivity index (χ3n) is 4.17. The van der Waals surface area contributed by atoms with Crippen molar-refractivity contribution in [2.75, 3.05) is 0 Å². The summed E-state index contributed by atoms with van der Waals surface area (Å²) in [5, 5.41) is 48.9. The first-order valence-corrected chi connectivity index (χ1v) is 7.26. The fraction of sp³-hybridized carbons (Fsp3) is 0.294. The van der Waals surface area contributed by atoms with Crippen LogP contribution >= 0.6 is 0 Å². The molecule has 1 aliphatic heterocycles. The van der Waals surface area contributed by atoms with Crippen molar-refractivity contribution in [1.82, 2.24) is 0 Å². The fourth-order valence-electron chi connectivity index (χ4n) is 2.82. The van der Waals surface area contributed by atoms with E-state index in [-0.39, 0.29) is 29.4 Å². The largest absolute Gasteiger partial charge is 0.507 e. The second kappa shape index (κ2) is 5.55. The lowest BCUT2D eigenvalue weighted by molar-refractivity contribution is 0.0207. The van der Waals surface area contributed by atoms with Crippen molar-refractivity contribution >= 4 is 0 Å². The number of aliphatic hydroxyl groups excluding tert-OH is 1. The zero-order valence-corrected chi connectivity index (χ0v) is 12.5. The quantitative estimate of drug-likeness (QED) is 0.539. The lowest BCUT2D eigenvalue weighted by Crippen LogP contribution is -2.39. The monoisotopic (exact) mass is 318 g/mol. The Morgan fingerprint density at radius 3 is 2.43 bits per heavy atom. The minimum atomic E-state index is -0.840. The first-order chi connectivity index (χ1) is 10.9. The van der Waals surface area contributed by atoms with Gasteiger partial charge in [-0.25, -0.2) is 0 Å². The highest BCUT2D eigenvalue weighted by Gasteiger charge is 2.32. The molecular formula is C17H18O6. The molecule has 0 radical (unpaired) electrons. The van der Waals surface area contributed by atoms with Gasteiger partial charge in [0, 0.05) is 30.0 Å². The normalized spacial score (nSPS) is 19.9. The number of phenols is 4. The highest BCUT2D eigenvalue weighted by Crippen LogP contribution is 2.42. The Balaban J connectivity index is 1.90. The Kier molecular flexibility index (Phi) is 3.69. The fourth-order valence-corrected chi connectivity index (χ4v) is 2.82. The lowest BCUT2D eigenvalue weighted by atomic mass is 9.92. The standard InChI is InChI=1S/C17H18O6/c1-8-12(19)7-13(20)10-6-15(22)16(23-17(8)10)5-9-2-3-11(18)14(21)4-9/h2-4,7,15-16,18-22H,5-6H2,1H3. The molecule has 1 heterocycles. The number of rotatable bonds is 2. The highest BCUT2D eigenvalue weighted by atomic mass is 16.5. The van der Waals surface area contributed by atoms with Gasteiger partial charge in [-0.3, -0.25) is 0 Å². The van der Waals surface area contributed by atoms with Crippen LogP contribution in [-0.4, -0.2) is 37.7 Å². The van der Waals surface area contributed by atoms with Gasteiger partial charge in [0.25, 0.3) is 0 Å². The van der Waals surface area contributed by atoms with E-state index in [1.54, 1.807) is 13.0 Å². The molecule has 0 aliphatic carbocycles. The van der Waals surface area contributed by atoms with Gasteiger partial charge < -0.3 is 30.3 Å². The summed E-state index contributed by atoms with van der Waals surface area (Å²) in [6.45, 7) is 1.68. The summed E-state index contributed by atoms with van der Waals surface area (Å²) >= 11 is 0. The number of phenolic OH excluding ortho intramolecular Hbond substituents is 4. The molecule has 0 saturated carbocycles. The van der Waals surface area contributed by atoms with E-state index >= 15 is 0 Å². The molecule has 6 nitrogen and oxygen atoms in total. The molecule has 6 heteroatoms. The summed E-state index contributed by atoms with van der Waals surface area (Å²) in [6, 6.07) is 5.65. The van der Waals surface area contributed by atoms with Crippen LogP contribution in [0.15, 0.2) is 24.3 Å². The molecule has 0 aromatic heterocycles. The molecule has 122 valence electrons. The minimum Gasteiger partial charge on any atom is -0.507 e. The summed E-state index contributed by atoms with van der Waals surface area (Å²) < 4.78 is 5.80. The van der Waals surface area contributed by atoms with Crippen LogP contribution in [0, 0.1) is 6.92 Å². The number of aromatic hydroxyl groups is 4. The van der Waals surface area contributed by atoms with Crippen molar-refractivity contribution in [3.8, 4) is 28.7 Å². The van der Waals surface area contributed by atoms with E-state index in [0.29, 0.717) is 28.9 Å². The Bertz CT molecular complexity index is 755. The average Bonchev–Trinajstić information content (AvgIpc) is 2.50. The maximum Gasteiger partial charge on any atom is 0.157 e. The van der Waals surface area contributed by atoms with E-state index in [2.05, 4.69) is 0 Å². The summed E-state index contributed by atoms with van der Waals surface area (Å²) in [5.74, 6) is -0.253. The lowest BCUT2D eigenvalue weighted by Gasteiger charge is -2.32. The van der Waals surface area contributed by atoms with Crippen molar-refractivity contribution in [1.29, 1.82) is 0 Å². The molecule has 2 atom stereocenters. The zero-order valence-electron chi connectivity index (χ0n) is 12.5. The van der Waals surface area contributed by atoms with Gasteiger partial charge in [-0.1, -0.05) is 6.07 Å².